The number of anilines is 1. The van der Waals surface area contributed by atoms with E-state index in [1.807, 2.05) is 32.0 Å². The summed E-state index contributed by atoms with van der Waals surface area (Å²) in [6.07, 6.45) is 0. The predicted octanol–water partition coefficient (Wildman–Crippen LogP) is 5.35. The summed E-state index contributed by atoms with van der Waals surface area (Å²) in [7, 11) is 1.54. The molecule has 0 aliphatic carbocycles. The van der Waals surface area contributed by atoms with Crippen molar-refractivity contribution in [3.05, 3.63) is 70.4 Å². The SMILES string of the molecule is COc1ccc(NC(=S)NC(=O)c2ccc(-c3ccc(C)c(C)c3)o2)cc1Cl. The second-order valence-corrected chi connectivity index (χ2v) is 7.04. The number of ether oxygens (including phenoxy) is 1. The molecule has 1 amide bonds. The van der Waals surface area contributed by atoms with Crippen LogP contribution in [0.5, 0.6) is 5.75 Å². The Morgan fingerprint density at radius 1 is 1.07 bits per heavy atom. The lowest BCUT2D eigenvalue weighted by Crippen LogP contribution is -2.33. The second-order valence-electron chi connectivity index (χ2n) is 6.22. The number of halogens is 1. The lowest BCUT2D eigenvalue weighted by atomic mass is 10.1. The van der Waals surface area contributed by atoms with Crippen LogP contribution in [0.25, 0.3) is 11.3 Å². The quantitative estimate of drug-likeness (QED) is 0.563. The summed E-state index contributed by atoms with van der Waals surface area (Å²) < 4.78 is 10.8. The number of aryl methyl sites for hydroxylation is 2. The Hall–Kier alpha value is -2.83. The van der Waals surface area contributed by atoms with Gasteiger partial charge in [-0.15, -0.1) is 0 Å². The topological polar surface area (TPSA) is 63.5 Å². The summed E-state index contributed by atoms with van der Waals surface area (Å²) in [5, 5.41) is 6.07. The van der Waals surface area contributed by atoms with Gasteiger partial charge in [-0.1, -0.05) is 23.7 Å². The van der Waals surface area contributed by atoms with Gasteiger partial charge >= 0.3 is 0 Å². The van der Waals surface area contributed by atoms with E-state index in [0.29, 0.717) is 22.2 Å². The van der Waals surface area contributed by atoms with Crippen LogP contribution in [-0.4, -0.2) is 18.1 Å². The zero-order chi connectivity index (χ0) is 20.3. The zero-order valence-electron chi connectivity index (χ0n) is 15.6. The molecule has 2 N–H and O–H groups in total. The number of carbonyl (C=O) groups is 1. The Bertz CT molecular complexity index is 1050. The Morgan fingerprint density at radius 2 is 1.86 bits per heavy atom. The van der Waals surface area contributed by atoms with E-state index in [4.69, 9.17) is 33.0 Å². The molecule has 0 aliphatic rings. The van der Waals surface area contributed by atoms with Gasteiger partial charge < -0.3 is 14.5 Å². The van der Waals surface area contributed by atoms with Gasteiger partial charge in [0.05, 0.1) is 12.1 Å². The fraction of sp³-hybridized carbons (Fsp3) is 0.143. The molecule has 0 spiro atoms. The molecule has 7 heteroatoms. The standard InChI is InChI=1S/C21H19ClN2O3S/c1-12-4-5-14(10-13(12)2)17-8-9-19(27-17)20(25)24-21(28)23-15-6-7-18(26-3)16(22)11-15/h4-11H,1-3H3,(H2,23,24,25,28). The number of benzene rings is 2. The van der Waals surface area contributed by atoms with Crippen molar-refractivity contribution in [2.24, 2.45) is 0 Å². The first-order valence-electron chi connectivity index (χ1n) is 8.50. The van der Waals surface area contributed by atoms with Crippen molar-refractivity contribution < 1.29 is 13.9 Å². The maximum atomic E-state index is 12.4. The van der Waals surface area contributed by atoms with Crippen molar-refractivity contribution in [3.8, 4) is 17.1 Å². The number of furan rings is 1. The lowest BCUT2D eigenvalue weighted by molar-refractivity contribution is 0.0951. The highest BCUT2D eigenvalue weighted by Crippen LogP contribution is 2.27. The number of thiocarbonyl (C=S) groups is 1. The molecule has 28 heavy (non-hydrogen) atoms. The molecule has 3 rings (SSSR count). The van der Waals surface area contributed by atoms with Crippen LogP contribution in [0.2, 0.25) is 5.02 Å². The number of methoxy groups -OCH3 is 1. The van der Waals surface area contributed by atoms with Gasteiger partial charge in [0.2, 0.25) is 0 Å². The van der Waals surface area contributed by atoms with Crippen molar-refractivity contribution >= 4 is 40.5 Å². The smallest absolute Gasteiger partial charge is 0.293 e. The van der Waals surface area contributed by atoms with E-state index in [0.717, 1.165) is 11.1 Å². The Kier molecular flexibility index (Phi) is 6.02. The first-order valence-corrected chi connectivity index (χ1v) is 9.29. The third kappa shape index (κ3) is 4.52. The summed E-state index contributed by atoms with van der Waals surface area (Å²) in [6.45, 7) is 4.08. The van der Waals surface area contributed by atoms with Crippen LogP contribution >= 0.6 is 23.8 Å². The van der Waals surface area contributed by atoms with Crippen LogP contribution in [0.4, 0.5) is 5.69 Å². The van der Waals surface area contributed by atoms with Gasteiger partial charge in [-0.05, 0) is 73.6 Å². The van der Waals surface area contributed by atoms with Crippen molar-refractivity contribution in [1.29, 1.82) is 0 Å². The number of carbonyl (C=O) groups excluding carboxylic acids is 1. The molecule has 0 aliphatic heterocycles. The Labute approximate surface area is 173 Å². The molecule has 3 aromatic rings. The lowest BCUT2D eigenvalue weighted by Gasteiger charge is -2.10. The first-order chi connectivity index (χ1) is 13.4. The van der Waals surface area contributed by atoms with Gasteiger partial charge in [0.1, 0.15) is 11.5 Å². The third-order valence-electron chi connectivity index (χ3n) is 4.26. The highest BCUT2D eigenvalue weighted by atomic mass is 35.5. The minimum atomic E-state index is -0.438. The largest absolute Gasteiger partial charge is 0.495 e. The van der Waals surface area contributed by atoms with Crippen LogP contribution in [-0.2, 0) is 0 Å². The first kappa shape index (κ1) is 19.9. The zero-order valence-corrected chi connectivity index (χ0v) is 17.2. The predicted molar refractivity (Wildman–Crippen MR) is 115 cm³/mol. The molecule has 1 heterocycles. The van der Waals surface area contributed by atoms with Gasteiger partial charge in [-0.3, -0.25) is 10.1 Å². The average Bonchev–Trinajstić information content (AvgIpc) is 3.14. The Morgan fingerprint density at radius 3 is 2.54 bits per heavy atom. The molecule has 0 saturated carbocycles. The Balaban J connectivity index is 1.66. The van der Waals surface area contributed by atoms with Gasteiger partial charge in [-0.2, -0.15) is 0 Å². The number of hydrogen-bond donors (Lipinski definition) is 2. The third-order valence-corrected chi connectivity index (χ3v) is 4.76. The van der Waals surface area contributed by atoms with E-state index in [1.165, 1.54) is 12.7 Å². The minimum Gasteiger partial charge on any atom is -0.495 e. The van der Waals surface area contributed by atoms with Crippen LogP contribution in [0.1, 0.15) is 21.7 Å². The summed E-state index contributed by atoms with van der Waals surface area (Å²) in [5.41, 5.74) is 3.90. The summed E-state index contributed by atoms with van der Waals surface area (Å²) in [5.74, 6) is 0.906. The van der Waals surface area contributed by atoms with E-state index in [1.54, 1.807) is 30.3 Å². The normalized spacial score (nSPS) is 10.4. The second kappa shape index (κ2) is 8.46. The molecule has 0 bridgehead atoms. The van der Waals surface area contributed by atoms with Gasteiger partial charge in [0.25, 0.3) is 5.91 Å². The highest BCUT2D eigenvalue weighted by molar-refractivity contribution is 7.80. The van der Waals surface area contributed by atoms with E-state index in [-0.39, 0.29) is 10.9 Å². The summed E-state index contributed by atoms with van der Waals surface area (Å²) >= 11 is 11.3. The van der Waals surface area contributed by atoms with Crippen LogP contribution < -0.4 is 15.4 Å². The molecule has 0 radical (unpaired) electrons. The minimum absolute atomic E-state index is 0.135. The molecular weight excluding hydrogens is 396 g/mol. The van der Waals surface area contributed by atoms with E-state index >= 15 is 0 Å². The van der Waals surface area contributed by atoms with Crippen molar-refractivity contribution in [1.82, 2.24) is 5.32 Å². The maximum absolute atomic E-state index is 12.4. The molecular formula is C21H19ClN2O3S. The number of nitrogens with one attached hydrogen (secondary N) is 2. The summed E-state index contributed by atoms with van der Waals surface area (Å²) in [4.78, 5) is 12.4. The molecule has 0 atom stereocenters. The fourth-order valence-electron chi connectivity index (χ4n) is 2.58. The molecule has 0 saturated heterocycles. The number of hydrogen-bond acceptors (Lipinski definition) is 4. The molecule has 144 valence electrons. The van der Waals surface area contributed by atoms with Gasteiger partial charge in [0, 0.05) is 11.3 Å². The monoisotopic (exact) mass is 414 g/mol. The molecule has 0 fully saturated rings. The van der Waals surface area contributed by atoms with Gasteiger partial charge in [0.15, 0.2) is 10.9 Å². The highest BCUT2D eigenvalue weighted by Gasteiger charge is 2.14. The van der Waals surface area contributed by atoms with Crippen LogP contribution in [0.3, 0.4) is 0 Å². The fourth-order valence-corrected chi connectivity index (χ4v) is 3.05. The van der Waals surface area contributed by atoms with Crippen molar-refractivity contribution in [3.63, 3.8) is 0 Å². The van der Waals surface area contributed by atoms with Crippen LogP contribution in [0.15, 0.2) is 52.9 Å². The maximum Gasteiger partial charge on any atom is 0.293 e. The molecule has 2 aromatic carbocycles. The number of amides is 1. The van der Waals surface area contributed by atoms with Crippen molar-refractivity contribution in [2.75, 3.05) is 12.4 Å². The molecule has 1 aromatic heterocycles. The average molecular weight is 415 g/mol. The molecule has 5 nitrogen and oxygen atoms in total. The molecule has 0 unspecified atom stereocenters. The van der Waals surface area contributed by atoms with E-state index in [2.05, 4.69) is 10.6 Å². The van der Waals surface area contributed by atoms with E-state index in [9.17, 15) is 4.79 Å². The van der Waals surface area contributed by atoms with Gasteiger partial charge in [-0.25, -0.2) is 0 Å². The summed E-state index contributed by atoms with van der Waals surface area (Å²) in [6, 6.07) is 14.5. The van der Waals surface area contributed by atoms with Crippen molar-refractivity contribution in [2.45, 2.75) is 13.8 Å². The number of rotatable bonds is 4. The van der Waals surface area contributed by atoms with E-state index < -0.39 is 5.91 Å². The van der Waals surface area contributed by atoms with Crippen LogP contribution in [0, 0.1) is 13.8 Å².